The van der Waals surface area contributed by atoms with E-state index in [2.05, 4.69) is 41.5 Å². The first-order valence-corrected chi connectivity index (χ1v) is 35.5. The van der Waals surface area contributed by atoms with E-state index in [1.165, 1.54) is 116 Å². The monoisotopic (exact) mass is 1200 g/mol. The Kier molecular flexibility index (Phi) is 53.4. The summed E-state index contributed by atoms with van der Waals surface area (Å²) in [5, 5.41) is 10.5. The predicted molar refractivity (Wildman–Crippen MR) is 321 cm³/mol. The van der Waals surface area contributed by atoms with Gasteiger partial charge in [-0.1, -0.05) is 253 Å². The van der Waals surface area contributed by atoms with E-state index in [-0.39, 0.29) is 25.7 Å². The van der Waals surface area contributed by atoms with Crippen molar-refractivity contribution in [1.29, 1.82) is 0 Å². The van der Waals surface area contributed by atoms with Gasteiger partial charge >= 0.3 is 39.5 Å². The number of aliphatic hydroxyl groups is 1. The molecule has 0 heterocycles. The molecule has 0 aliphatic heterocycles. The van der Waals surface area contributed by atoms with Crippen LogP contribution in [0.25, 0.3) is 0 Å². The van der Waals surface area contributed by atoms with E-state index in [0.29, 0.717) is 25.7 Å². The first-order valence-electron chi connectivity index (χ1n) is 32.5. The molecular formula is C62H120O17P2. The van der Waals surface area contributed by atoms with Crippen LogP contribution in [0.4, 0.5) is 0 Å². The third kappa shape index (κ3) is 55.7. The van der Waals surface area contributed by atoms with Gasteiger partial charge in [0.05, 0.1) is 26.4 Å². The van der Waals surface area contributed by atoms with Crippen LogP contribution in [0.5, 0.6) is 0 Å². The molecule has 0 aliphatic carbocycles. The minimum absolute atomic E-state index is 0.104. The van der Waals surface area contributed by atoms with E-state index in [1.54, 1.807) is 0 Å². The number of ether oxygens (including phenoxy) is 4. The summed E-state index contributed by atoms with van der Waals surface area (Å²) in [6, 6.07) is 0. The van der Waals surface area contributed by atoms with Crippen LogP contribution in [0, 0.1) is 11.8 Å². The number of aliphatic hydroxyl groups excluding tert-OH is 1. The lowest BCUT2D eigenvalue weighted by atomic mass is 10.00. The van der Waals surface area contributed by atoms with Crippen molar-refractivity contribution in [3.05, 3.63) is 0 Å². The van der Waals surface area contributed by atoms with E-state index in [9.17, 15) is 43.2 Å². The van der Waals surface area contributed by atoms with Gasteiger partial charge in [0.15, 0.2) is 12.2 Å². The van der Waals surface area contributed by atoms with Gasteiger partial charge in [0, 0.05) is 25.7 Å². The summed E-state index contributed by atoms with van der Waals surface area (Å²) in [4.78, 5) is 72.1. The Labute approximate surface area is 492 Å². The maximum absolute atomic E-state index is 12.9. The lowest BCUT2D eigenvalue weighted by Gasteiger charge is -2.21. The van der Waals surface area contributed by atoms with Gasteiger partial charge in [0.2, 0.25) is 0 Å². The summed E-state index contributed by atoms with van der Waals surface area (Å²) in [5.41, 5.74) is 0. The van der Waals surface area contributed by atoms with Crippen LogP contribution >= 0.6 is 15.6 Å². The Bertz CT molecular complexity index is 1600. The lowest BCUT2D eigenvalue weighted by Crippen LogP contribution is -2.30. The third-order valence-electron chi connectivity index (χ3n) is 14.6. The highest BCUT2D eigenvalue weighted by molar-refractivity contribution is 7.47. The Morgan fingerprint density at radius 2 is 0.630 bits per heavy atom. The molecule has 3 N–H and O–H groups in total. The van der Waals surface area contributed by atoms with E-state index < -0.39 is 97.5 Å². The maximum Gasteiger partial charge on any atom is 0.472 e. The second-order valence-electron chi connectivity index (χ2n) is 23.2. The van der Waals surface area contributed by atoms with Crippen molar-refractivity contribution in [2.75, 3.05) is 39.6 Å². The topological polar surface area (TPSA) is 237 Å². The lowest BCUT2D eigenvalue weighted by molar-refractivity contribution is -0.161. The molecule has 0 saturated carbocycles. The Morgan fingerprint density at radius 1 is 0.358 bits per heavy atom. The van der Waals surface area contributed by atoms with Crippen molar-refractivity contribution in [3.8, 4) is 0 Å². The van der Waals surface area contributed by atoms with Crippen LogP contribution in [-0.4, -0.2) is 96.7 Å². The van der Waals surface area contributed by atoms with Crippen LogP contribution in [0.1, 0.15) is 305 Å². The smallest absolute Gasteiger partial charge is 0.462 e. The first kappa shape index (κ1) is 79.1. The quantitative estimate of drug-likeness (QED) is 0.0222. The summed E-state index contributed by atoms with van der Waals surface area (Å²) < 4.78 is 67.9. The molecule has 17 nitrogen and oxygen atoms in total. The Morgan fingerprint density at radius 3 is 0.938 bits per heavy atom. The van der Waals surface area contributed by atoms with Gasteiger partial charge < -0.3 is 33.8 Å². The molecule has 0 aliphatic rings. The van der Waals surface area contributed by atoms with Gasteiger partial charge in [-0.3, -0.25) is 37.3 Å². The number of phosphoric ester groups is 2. The van der Waals surface area contributed by atoms with Crippen molar-refractivity contribution in [1.82, 2.24) is 0 Å². The van der Waals surface area contributed by atoms with Crippen LogP contribution in [0.2, 0.25) is 0 Å². The molecule has 0 bridgehead atoms. The number of hydrogen-bond donors (Lipinski definition) is 3. The molecule has 480 valence electrons. The minimum atomic E-state index is -4.94. The number of rotatable bonds is 61. The van der Waals surface area contributed by atoms with E-state index >= 15 is 0 Å². The van der Waals surface area contributed by atoms with Crippen molar-refractivity contribution in [3.63, 3.8) is 0 Å². The highest BCUT2D eigenvalue weighted by Gasteiger charge is 2.30. The third-order valence-corrected chi connectivity index (χ3v) is 16.5. The average Bonchev–Trinajstić information content (AvgIpc) is 3.43. The second-order valence-corrected chi connectivity index (χ2v) is 26.1. The molecule has 0 fully saturated rings. The molecule has 3 unspecified atom stereocenters. The molecule has 19 heteroatoms. The maximum atomic E-state index is 12.9. The van der Waals surface area contributed by atoms with Crippen molar-refractivity contribution in [2.24, 2.45) is 11.8 Å². The van der Waals surface area contributed by atoms with Crippen LogP contribution < -0.4 is 0 Å². The molecular weight excluding hydrogens is 1080 g/mol. The van der Waals surface area contributed by atoms with Crippen LogP contribution in [0.15, 0.2) is 0 Å². The highest BCUT2D eigenvalue weighted by atomic mass is 31.2. The first-order chi connectivity index (χ1) is 38.9. The van der Waals surface area contributed by atoms with Crippen molar-refractivity contribution >= 4 is 39.5 Å². The highest BCUT2D eigenvalue weighted by Crippen LogP contribution is 2.45. The molecule has 0 aromatic heterocycles. The predicted octanol–water partition coefficient (Wildman–Crippen LogP) is 16.9. The number of carbonyl (C=O) groups is 4. The standard InChI is InChI=1S/C62H120O17P2/c1-7-10-12-14-16-18-22-26-34-40-46-61(66)78-57(50-72-59(64)44-38-32-25-20-17-15-13-11-8-2)52-76-80(68,69)74-48-56(63)49-75-81(70,71)77-53-58(51-73-60(65)45-39-33-29-28-31-37-43-55(6)9-3)79-62(67)47-41-35-27-23-19-21-24-30-36-42-54(4)5/h54-58,63H,7-53H2,1-6H3,(H,68,69)(H,70,71)/t55?,56-,57+,58+/m0/s1. The van der Waals surface area contributed by atoms with Gasteiger partial charge in [0.1, 0.15) is 19.3 Å². The van der Waals surface area contributed by atoms with Gasteiger partial charge in [0.25, 0.3) is 0 Å². The van der Waals surface area contributed by atoms with E-state index in [0.717, 1.165) is 108 Å². The summed E-state index contributed by atoms with van der Waals surface area (Å²) in [7, 11) is -9.88. The normalized spacial score (nSPS) is 14.7. The average molecular weight is 1200 g/mol. The number of esters is 4. The molecule has 0 aromatic rings. The largest absolute Gasteiger partial charge is 0.472 e. The molecule has 81 heavy (non-hydrogen) atoms. The second kappa shape index (κ2) is 54.7. The fraction of sp³-hybridized carbons (Fsp3) is 0.935. The minimum Gasteiger partial charge on any atom is -0.462 e. The van der Waals surface area contributed by atoms with Gasteiger partial charge in [-0.25, -0.2) is 9.13 Å². The zero-order chi connectivity index (χ0) is 60.1. The SMILES string of the molecule is CCCCCCCCCCCCC(=O)O[C@H](COC(=O)CCCCCCCCCCC)COP(=O)(O)OC[C@H](O)COP(=O)(O)OC[C@@H](COC(=O)CCCCCCCCC(C)CC)OC(=O)CCCCCCCCCCCC(C)C. The molecule has 0 spiro atoms. The molecule has 6 atom stereocenters. The number of carbonyl (C=O) groups excluding carboxylic acids is 4. The zero-order valence-electron chi connectivity index (χ0n) is 52.1. The van der Waals surface area contributed by atoms with Gasteiger partial charge in [-0.2, -0.15) is 0 Å². The van der Waals surface area contributed by atoms with Crippen LogP contribution in [-0.2, 0) is 65.4 Å². The molecule has 0 rings (SSSR count). The van der Waals surface area contributed by atoms with E-state index in [4.69, 9.17) is 37.0 Å². The summed E-state index contributed by atoms with van der Waals surface area (Å²) in [6.07, 6.45) is 36.2. The van der Waals surface area contributed by atoms with Crippen molar-refractivity contribution in [2.45, 2.75) is 323 Å². The van der Waals surface area contributed by atoms with Gasteiger partial charge in [-0.15, -0.1) is 0 Å². The summed E-state index contributed by atoms with van der Waals surface area (Å²) in [5.74, 6) is -0.672. The number of hydrogen-bond acceptors (Lipinski definition) is 15. The molecule has 0 radical (unpaired) electrons. The van der Waals surface area contributed by atoms with Crippen molar-refractivity contribution < 1.29 is 80.2 Å². The fourth-order valence-electron chi connectivity index (χ4n) is 9.15. The Balaban J connectivity index is 5.24. The summed E-state index contributed by atoms with van der Waals surface area (Å²) in [6.45, 7) is 9.39. The Hall–Kier alpha value is -1.94. The van der Waals surface area contributed by atoms with Gasteiger partial charge in [-0.05, 0) is 37.5 Å². The molecule has 0 aromatic carbocycles. The number of unbranched alkanes of at least 4 members (excludes halogenated alkanes) is 30. The fourth-order valence-corrected chi connectivity index (χ4v) is 10.7. The number of phosphoric acid groups is 2. The molecule has 0 amide bonds. The summed E-state index contributed by atoms with van der Waals surface area (Å²) >= 11 is 0. The zero-order valence-corrected chi connectivity index (χ0v) is 53.9. The van der Waals surface area contributed by atoms with Crippen LogP contribution in [0.3, 0.4) is 0 Å². The van der Waals surface area contributed by atoms with E-state index in [1.807, 2.05) is 0 Å². The molecule has 0 saturated heterocycles.